The Hall–Kier alpha value is -2.73. The van der Waals surface area contributed by atoms with E-state index >= 15 is 0 Å². The molecule has 0 radical (unpaired) electrons. The number of rotatable bonds is 9. The maximum Gasteiger partial charge on any atom is 0.293 e. The van der Waals surface area contributed by atoms with Crippen molar-refractivity contribution in [3.8, 4) is 11.5 Å². The molecule has 1 heterocycles. The molecule has 1 aliphatic heterocycles. The van der Waals surface area contributed by atoms with Crippen LogP contribution in [0, 0.1) is 10.5 Å². The maximum absolute atomic E-state index is 13.1. The zero-order valence-corrected chi connectivity index (χ0v) is 25.4. The number of nitrogens with one attached hydrogen (secondary N) is 1. The number of nitrogens with zero attached hydrogens (tertiary/aromatic N) is 1. The van der Waals surface area contributed by atoms with Gasteiger partial charge in [-0.2, -0.15) is 0 Å². The average Bonchev–Trinajstić information content (AvgIpc) is 3.12. The van der Waals surface area contributed by atoms with Gasteiger partial charge >= 0.3 is 0 Å². The van der Waals surface area contributed by atoms with Gasteiger partial charge in [0.1, 0.15) is 0 Å². The van der Waals surface area contributed by atoms with E-state index in [2.05, 4.69) is 27.9 Å². The highest BCUT2D eigenvalue weighted by molar-refractivity contribution is 14.1. The first-order valence-electron chi connectivity index (χ1n) is 11.8. The summed E-state index contributed by atoms with van der Waals surface area (Å²) < 4.78 is 12.3. The van der Waals surface area contributed by atoms with Gasteiger partial charge in [-0.05, 0) is 107 Å². The number of imide groups is 1. The molecular weight excluding hydrogens is 674 g/mol. The minimum absolute atomic E-state index is 0.0388. The minimum atomic E-state index is -0.419. The van der Waals surface area contributed by atoms with E-state index in [1.807, 2.05) is 32.0 Å². The first-order chi connectivity index (χ1) is 18.6. The van der Waals surface area contributed by atoms with Crippen LogP contribution < -0.4 is 14.8 Å². The average molecular weight is 697 g/mol. The van der Waals surface area contributed by atoms with Crippen LogP contribution >= 0.6 is 57.6 Å². The van der Waals surface area contributed by atoms with Gasteiger partial charge in [0.15, 0.2) is 18.1 Å². The normalized spacial score (nSPS) is 14.2. The lowest BCUT2D eigenvalue weighted by atomic mass is 10.1. The Morgan fingerprint density at radius 1 is 1.10 bits per heavy atom. The van der Waals surface area contributed by atoms with Gasteiger partial charge in [-0.3, -0.25) is 19.3 Å². The van der Waals surface area contributed by atoms with Gasteiger partial charge < -0.3 is 14.8 Å². The molecule has 202 valence electrons. The van der Waals surface area contributed by atoms with Crippen molar-refractivity contribution in [2.75, 3.05) is 18.5 Å². The molecule has 0 bridgehead atoms. The molecule has 0 aliphatic carbocycles. The number of aryl methyl sites for hydroxylation is 1. The van der Waals surface area contributed by atoms with Gasteiger partial charge in [0, 0.05) is 15.7 Å². The summed E-state index contributed by atoms with van der Waals surface area (Å²) >= 11 is 15.1. The number of amides is 3. The Labute approximate surface area is 254 Å². The number of carbonyl (C=O) groups excluding carboxylic acids is 3. The Balaban J connectivity index is 1.50. The van der Waals surface area contributed by atoms with Crippen LogP contribution in [0.2, 0.25) is 10.0 Å². The molecule has 0 unspecified atom stereocenters. The summed E-state index contributed by atoms with van der Waals surface area (Å²) in [5.74, 6) is 0.111. The Morgan fingerprint density at radius 3 is 2.62 bits per heavy atom. The highest BCUT2D eigenvalue weighted by atomic mass is 127. The quantitative estimate of drug-likeness (QED) is 0.184. The van der Waals surface area contributed by atoms with E-state index < -0.39 is 11.1 Å². The summed E-state index contributed by atoms with van der Waals surface area (Å²) in [6.07, 6.45) is 1.63. The van der Waals surface area contributed by atoms with Crippen molar-refractivity contribution < 1.29 is 23.9 Å². The van der Waals surface area contributed by atoms with Crippen LogP contribution in [0.15, 0.2) is 59.5 Å². The van der Waals surface area contributed by atoms with E-state index in [4.69, 9.17) is 32.7 Å². The molecule has 1 fully saturated rings. The molecule has 0 saturated carbocycles. The van der Waals surface area contributed by atoms with Crippen molar-refractivity contribution in [1.82, 2.24) is 4.90 Å². The highest BCUT2D eigenvalue weighted by Crippen LogP contribution is 2.38. The lowest BCUT2D eigenvalue weighted by Gasteiger charge is -2.15. The predicted octanol–water partition coefficient (Wildman–Crippen LogP) is 7.56. The second kappa shape index (κ2) is 13.1. The molecular formula is C28H23Cl2IN2O5S. The summed E-state index contributed by atoms with van der Waals surface area (Å²) in [6, 6.07) is 15.9. The lowest BCUT2D eigenvalue weighted by molar-refractivity contribution is -0.123. The van der Waals surface area contributed by atoms with E-state index in [-0.39, 0.29) is 24.0 Å². The van der Waals surface area contributed by atoms with E-state index in [0.29, 0.717) is 48.5 Å². The van der Waals surface area contributed by atoms with E-state index in [0.717, 1.165) is 22.2 Å². The zero-order valence-electron chi connectivity index (χ0n) is 20.9. The standard InChI is InChI=1S/C28H23Cl2IN2O5S/c1-3-37-23-11-17(10-22(31)26(23)38-15-25(34)32-20-6-4-5-16(2)9-20)12-24-27(35)33(28(36)39-24)14-18-7-8-19(29)13-21(18)30/h4-13H,3,14-15H2,1-2H3,(H,32,34)/b24-12-. The van der Waals surface area contributed by atoms with Crippen molar-refractivity contribution in [1.29, 1.82) is 0 Å². The molecule has 4 rings (SSSR count). The summed E-state index contributed by atoms with van der Waals surface area (Å²) in [5, 5.41) is 3.27. The molecule has 3 aromatic rings. The molecule has 3 aromatic carbocycles. The molecule has 0 aromatic heterocycles. The van der Waals surface area contributed by atoms with Crippen molar-refractivity contribution in [3.05, 3.63) is 89.8 Å². The topological polar surface area (TPSA) is 84.9 Å². The largest absolute Gasteiger partial charge is 0.490 e. The number of anilines is 1. The third-order valence-electron chi connectivity index (χ3n) is 5.50. The Morgan fingerprint density at radius 2 is 1.90 bits per heavy atom. The number of benzene rings is 3. The number of halogens is 3. The van der Waals surface area contributed by atoms with E-state index in [1.54, 1.807) is 42.5 Å². The van der Waals surface area contributed by atoms with Crippen LogP contribution in [0.3, 0.4) is 0 Å². The van der Waals surface area contributed by atoms with Crippen molar-refractivity contribution in [2.45, 2.75) is 20.4 Å². The van der Waals surface area contributed by atoms with Crippen LogP contribution in [0.5, 0.6) is 11.5 Å². The van der Waals surface area contributed by atoms with Gasteiger partial charge in [0.2, 0.25) is 0 Å². The van der Waals surface area contributed by atoms with Crippen LogP contribution in [0.4, 0.5) is 10.5 Å². The van der Waals surface area contributed by atoms with Crippen molar-refractivity contribution in [3.63, 3.8) is 0 Å². The number of hydrogen-bond acceptors (Lipinski definition) is 6. The second-order valence-electron chi connectivity index (χ2n) is 8.47. The van der Waals surface area contributed by atoms with Gasteiger partial charge in [-0.15, -0.1) is 0 Å². The predicted molar refractivity (Wildman–Crippen MR) is 164 cm³/mol. The summed E-state index contributed by atoms with van der Waals surface area (Å²) in [6.45, 7) is 3.97. The molecule has 0 atom stereocenters. The first-order valence-corrected chi connectivity index (χ1v) is 14.4. The zero-order chi connectivity index (χ0) is 28.1. The van der Waals surface area contributed by atoms with Gasteiger partial charge in [-0.1, -0.05) is 41.4 Å². The molecule has 11 heteroatoms. The second-order valence-corrected chi connectivity index (χ2v) is 11.5. The van der Waals surface area contributed by atoms with Crippen LogP contribution in [-0.4, -0.2) is 35.2 Å². The molecule has 1 aliphatic rings. The SMILES string of the molecule is CCOc1cc(/C=C2\SC(=O)N(Cc3ccc(Cl)cc3Cl)C2=O)cc(I)c1OCC(=O)Nc1cccc(C)c1. The van der Waals surface area contributed by atoms with Crippen molar-refractivity contribution in [2.24, 2.45) is 0 Å². The number of ether oxygens (including phenoxy) is 2. The van der Waals surface area contributed by atoms with Crippen LogP contribution in [-0.2, 0) is 16.1 Å². The van der Waals surface area contributed by atoms with Crippen molar-refractivity contribution >= 4 is 86.4 Å². The van der Waals surface area contributed by atoms with E-state index in [1.165, 1.54) is 0 Å². The minimum Gasteiger partial charge on any atom is -0.490 e. The fourth-order valence-corrected chi connectivity index (χ4v) is 5.83. The third kappa shape index (κ3) is 7.47. The van der Waals surface area contributed by atoms with Gasteiger partial charge in [0.25, 0.3) is 17.1 Å². The highest BCUT2D eigenvalue weighted by Gasteiger charge is 2.35. The summed E-state index contributed by atoms with van der Waals surface area (Å²) in [5.41, 5.74) is 2.98. The number of thioether (sulfide) groups is 1. The molecule has 1 N–H and O–H groups in total. The van der Waals surface area contributed by atoms with Gasteiger partial charge in [-0.25, -0.2) is 0 Å². The Bertz CT molecular complexity index is 1480. The first kappa shape index (κ1) is 29.3. The fraction of sp³-hybridized carbons (Fsp3) is 0.179. The van der Waals surface area contributed by atoms with Crippen LogP contribution in [0.1, 0.15) is 23.6 Å². The maximum atomic E-state index is 13.1. The molecule has 0 spiro atoms. The monoisotopic (exact) mass is 696 g/mol. The molecule has 1 saturated heterocycles. The van der Waals surface area contributed by atoms with Crippen LogP contribution in [0.25, 0.3) is 6.08 Å². The smallest absolute Gasteiger partial charge is 0.293 e. The third-order valence-corrected chi connectivity index (χ3v) is 7.79. The fourth-order valence-electron chi connectivity index (χ4n) is 3.74. The van der Waals surface area contributed by atoms with Gasteiger partial charge in [0.05, 0.1) is 21.6 Å². The summed E-state index contributed by atoms with van der Waals surface area (Å²) in [7, 11) is 0. The molecule has 7 nitrogen and oxygen atoms in total. The lowest BCUT2D eigenvalue weighted by Crippen LogP contribution is -2.27. The number of carbonyl (C=O) groups is 3. The number of hydrogen-bond donors (Lipinski definition) is 1. The molecule has 3 amide bonds. The summed E-state index contributed by atoms with van der Waals surface area (Å²) in [4.78, 5) is 39.6. The Kier molecular flexibility index (Phi) is 9.81. The van der Waals surface area contributed by atoms with E-state index in [9.17, 15) is 14.4 Å². The molecule has 39 heavy (non-hydrogen) atoms.